The Morgan fingerprint density at radius 1 is 1.50 bits per heavy atom. The molecule has 14 heavy (non-hydrogen) atoms. The lowest BCUT2D eigenvalue weighted by Gasteiger charge is -2.21. The van der Waals surface area contributed by atoms with Crippen LogP contribution in [0, 0.1) is 18.3 Å². The van der Waals surface area contributed by atoms with Crippen molar-refractivity contribution in [3.8, 4) is 12.3 Å². The van der Waals surface area contributed by atoms with Crippen molar-refractivity contribution in [3.63, 3.8) is 0 Å². The fourth-order valence-corrected chi connectivity index (χ4v) is 1.05. The first-order valence-corrected chi connectivity index (χ1v) is 5.09. The van der Waals surface area contributed by atoms with Crippen molar-refractivity contribution in [2.75, 3.05) is 0 Å². The van der Waals surface area contributed by atoms with Crippen LogP contribution in [0.4, 0.5) is 0 Å². The minimum absolute atomic E-state index is 0.270. The molecule has 0 fully saturated rings. The molecule has 2 heteroatoms. The summed E-state index contributed by atoms with van der Waals surface area (Å²) in [6.07, 6.45) is 8.02. The summed E-state index contributed by atoms with van der Waals surface area (Å²) in [5.41, 5.74) is -0.446. The van der Waals surface area contributed by atoms with Gasteiger partial charge in [0.1, 0.15) is 11.5 Å². The first kappa shape index (κ1) is 13.0. The second-order valence-corrected chi connectivity index (χ2v) is 4.39. The summed E-state index contributed by atoms with van der Waals surface area (Å²) in [6, 6.07) is 0. The van der Waals surface area contributed by atoms with Crippen molar-refractivity contribution < 1.29 is 9.53 Å². The molecule has 0 spiro atoms. The van der Waals surface area contributed by atoms with Crippen LogP contribution >= 0.6 is 0 Å². The van der Waals surface area contributed by atoms with Crippen molar-refractivity contribution in [2.45, 2.75) is 52.6 Å². The number of unbranched alkanes of at least 4 members (excludes halogenated alkanes) is 1. The summed E-state index contributed by atoms with van der Waals surface area (Å²) >= 11 is 0. The first-order valence-electron chi connectivity index (χ1n) is 5.09. The Balaban J connectivity index is 4.13. The highest BCUT2D eigenvalue weighted by atomic mass is 16.6. The standard InChI is InChI=1S/C12H20O2/c1-6-8-9-10(7-2)11(13)14-12(3,4)5/h2,10H,6,8-9H2,1,3-5H3. The fourth-order valence-electron chi connectivity index (χ4n) is 1.05. The predicted molar refractivity (Wildman–Crippen MR) is 57.7 cm³/mol. The first-order chi connectivity index (χ1) is 6.40. The maximum Gasteiger partial charge on any atom is 0.321 e. The lowest BCUT2D eigenvalue weighted by atomic mass is 10.0. The van der Waals surface area contributed by atoms with Gasteiger partial charge in [0, 0.05) is 0 Å². The lowest BCUT2D eigenvalue weighted by Crippen LogP contribution is -2.28. The summed E-state index contributed by atoms with van der Waals surface area (Å²) in [4.78, 5) is 11.5. The predicted octanol–water partition coefficient (Wildman–Crippen LogP) is 2.77. The average molecular weight is 196 g/mol. The minimum Gasteiger partial charge on any atom is -0.459 e. The van der Waals surface area contributed by atoms with Gasteiger partial charge in [-0.25, -0.2) is 0 Å². The molecule has 0 rings (SSSR count). The Bertz CT molecular complexity index is 217. The lowest BCUT2D eigenvalue weighted by molar-refractivity contribution is -0.158. The number of carbonyl (C=O) groups is 1. The summed E-state index contributed by atoms with van der Waals surface area (Å²) < 4.78 is 5.21. The number of ether oxygens (including phenoxy) is 1. The van der Waals surface area contributed by atoms with Gasteiger partial charge in [0.15, 0.2) is 0 Å². The third-order valence-electron chi connectivity index (χ3n) is 1.74. The molecule has 0 aliphatic carbocycles. The van der Waals surface area contributed by atoms with Crippen molar-refractivity contribution in [3.05, 3.63) is 0 Å². The van der Waals surface area contributed by atoms with Gasteiger partial charge in [-0.1, -0.05) is 25.7 Å². The van der Waals surface area contributed by atoms with Crippen LogP contribution in [0.15, 0.2) is 0 Å². The molecule has 0 aromatic heterocycles. The van der Waals surface area contributed by atoms with Gasteiger partial charge in [-0.05, 0) is 27.2 Å². The van der Waals surface area contributed by atoms with E-state index < -0.39 is 5.60 Å². The Labute approximate surface area is 87.0 Å². The molecular formula is C12H20O2. The fraction of sp³-hybridized carbons (Fsp3) is 0.750. The summed E-state index contributed by atoms with van der Waals surface area (Å²) in [5, 5.41) is 0. The molecule has 0 aromatic rings. The van der Waals surface area contributed by atoms with Crippen LogP contribution < -0.4 is 0 Å². The van der Waals surface area contributed by atoms with Gasteiger partial charge in [-0.15, -0.1) is 6.42 Å². The molecule has 0 amide bonds. The second kappa shape index (κ2) is 5.70. The van der Waals surface area contributed by atoms with E-state index in [0.717, 1.165) is 19.3 Å². The van der Waals surface area contributed by atoms with Crippen LogP contribution in [0.2, 0.25) is 0 Å². The maximum atomic E-state index is 11.5. The largest absolute Gasteiger partial charge is 0.459 e. The Morgan fingerprint density at radius 3 is 2.43 bits per heavy atom. The Kier molecular flexibility index (Phi) is 5.30. The highest BCUT2D eigenvalue weighted by molar-refractivity contribution is 5.75. The van der Waals surface area contributed by atoms with Gasteiger partial charge >= 0.3 is 5.97 Å². The molecule has 1 atom stereocenters. The minimum atomic E-state index is -0.446. The monoisotopic (exact) mass is 196 g/mol. The van der Waals surface area contributed by atoms with Gasteiger partial charge in [-0.2, -0.15) is 0 Å². The molecule has 0 saturated heterocycles. The van der Waals surface area contributed by atoms with Crippen molar-refractivity contribution in [1.82, 2.24) is 0 Å². The van der Waals surface area contributed by atoms with Crippen LogP contribution in [-0.2, 0) is 9.53 Å². The number of terminal acetylenes is 1. The van der Waals surface area contributed by atoms with Gasteiger partial charge in [-0.3, -0.25) is 4.79 Å². The molecule has 0 radical (unpaired) electrons. The molecule has 2 nitrogen and oxygen atoms in total. The van der Waals surface area contributed by atoms with E-state index in [9.17, 15) is 4.79 Å². The van der Waals surface area contributed by atoms with Crippen molar-refractivity contribution in [1.29, 1.82) is 0 Å². The number of carbonyl (C=O) groups excluding carboxylic acids is 1. The van der Waals surface area contributed by atoms with Gasteiger partial charge in [0.25, 0.3) is 0 Å². The number of rotatable bonds is 4. The number of esters is 1. The summed E-state index contributed by atoms with van der Waals surface area (Å²) in [7, 11) is 0. The van der Waals surface area contributed by atoms with Crippen LogP contribution in [0.3, 0.4) is 0 Å². The van der Waals surface area contributed by atoms with Crippen molar-refractivity contribution >= 4 is 5.97 Å². The third kappa shape index (κ3) is 5.64. The van der Waals surface area contributed by atoms with Crippen LogP contribution in [0.5, 0.6) is 0 Å². The zero-order chi connectivity index (χ0) is 11.2. The van der Waals surface area contributed by atoms with E-state index in [1.54, 1.807) is 0 Å². The molecule has 0 aliphatic heterocycles. The maximum absolute atomic E-state index is 11.5. The zero-order valence-electron chi connectivity index (χ0n) is 9.59. The summed E-state index contributed by atoms with van der Waals surface area (Å²) in [6.45, 7) is 7.61. The van der Waals surface area contributed by atoms with Crippen LogP contribution in [0.25, 0.3) is 0 Å². The zero-order valence-corrected chi connectivity index (χ0v) is 9.59. The molecule has 0 heterocycles. The van der Waals surface area contributed by atoms with Gasteiger partial charge in [0.05, 0.1) is 0 Å². The molecule has 0 aromatic carbocycles. The van der Waals surface area contributed by atoms with E-state index in [1.165, 1.54) is 0 Å². The SMILES string of the molecule is C#CC(CCCC)C(=O)OC(C)(C)C. The second-order valence-electron chi connectivity index (χ2n) is 4.39. The third-order valence-corrected chi connectivity index (χ3v) is 1.74. The van der Waals surface area contributed by atoms with E-state index >= 15 is 0 Å². The topological polar surface area (TPSA) is 26.3 Å². The number of hydrogen-bond acceptors (Lipinski definition) is 2. The Hall–Kier alpha value is -0.970. The van der Waals surface area contributed by atoms with E-state index in [2.05, 4.69) is 12.8 Å². The van der Waals surface area contributed by atoms with Crippen LogP contribution in [0.1, 0.15) is 47.0 Å². The van der Waals surface area contributed by atoms with E-state index in [0.29, 0.717) is 0 Å². The van der Waals surface area contributed by atoms with Crippen LogP contribution in [-0.4, -0.2) is 11.6 Å². The highest BCUT2D eigenvalue weighted by Gasteiger charge is 2.22. The Morgan fingerprint density at radius 2 is 2.07 bits per heavy atom. The van der Waals surface area contributed by atoms with E-state index in [4.69, 9.17) is 11.2 Å². The highest BCUT2D eigenvalue weighted by Crippen LogP contribution is 2.15. The molecular weight excluding hydrogens is 176 g/mol. The number of hydrogen-bond donors (Lipinski definition) is 0. The smallest absolute Gasteiger partial charge is 0.321 e. The molecule has 0 N–H and O–H groups in total. The van der Waals surface area contributed by atoms with Crippen molar-refractivity contribution in [2.24, 2.45) is 5.92 Å². The normalized spacial score (nSPS) is 13.1. The van der Waals surface area contributed by atoms with Gasteiger partial charge < -0.3 is 4.74 Å². The van der Waals surface area contributed by atoms with E-state index in [-0.39, 0.29) is 11.9 Å². The molecule has 0 bridgehead atoms. The molecule has 80 valence electrons. The van der Waals surface area contributed by atoms with Gasteiger partial charge in [0.2, 0.25) is 0 Å². The molecule has 0 saturated carbocycles. The molecule has 0 aliphatic rings. The quantitative estimate of drug-likeness (QED) is 0.510. The van der Waals surface area contributed by atoms with E-state index in [1.807, 2.05) is 20.8 Å². The average Bonchev–Trinajstić information content (AvgIpc) is 2.02. The summed E-state index contributed by atoms with van der Waals surface area (Å²) in [5.74, 6) is 1.83. The molecule has 1 unspecified atom stereocenters.